The fraction of sp³-hybridized carbons (Fsp3) is 0.615. The van der Waals surface area contributed by atoms with E-state index in [0.717, 1.165) is 5.56 Å². The highest BCUT2D eigenvalue weighted by Crippen LogP contribution is 2.14. The third kappa shape index (κ3) is 13.5. The van der Waals surface area contributed by atoms with Gasteiger partial charge in [-0.3, -0.25) is 4.79 Å². The summed E-state index contributed by atoms with van der Waals surface area (Å²) in [6, 6.07) is 6.79. The average Bonchev–Trinajstić information content (AvgIpc) is 2.78. The molecular formula is C26H41N3O8. The van der Waals surface area contributed by atoms with Crippen LogP contribution in [0.15, 0.2) is 30.3 Å². The Labute approximate surface area is 218 Å². The van der Waals surface area contributed by atoms with Crippen LogP contribution in [0.5, 0.6) is 0 Å². The molecule has 3 atom stereocenters. The Kier molecular flexibility index (Phi) is 12.3. The molecule has 0 heterocycles. The molecule has 11 heteroatoms. The van der Waals surface area contributed by atoms with Gasteiger partial charge in [0.2, 0.25) is 5.91 Å². The van der Waals surface area contributed by atoms with Crippen molar-refractivity contribution in [2.24, 2.45) is 0 Å². The lowest BCUT2D eigenvalue weighted by atomic mass is 10.1. The number of ether oxygens (including phenoxy) is 4. The molecule has 0 saturated heterocycles. The maximum absolute atomic E-state index is 13.2. The minimum Gasteiger partial charge on any atom is -0.467 e. The van der Waals surface area contributed by atoms with E-state index in [1.165, 1.54) is 7.11 Å². The van der Waals surface area contributed by atoms with Gasteiger partial charge in [0.25, 0.3) is 0 Å². The lowest BCUT2D eigenvalue weighted by Crippen LogP contribution is -2.57. The first-order chi connectivity index (χ1) is 17.1. The van der Waals surface area contributed by atoms with E-state index in [1.54, 1.807) is 39.8 Å². The molecule has 11 nitrogen and oxygen atoms in total. The molecule has 0 aliphatic heterocycles. The molecule has 37 heavy (non-hydrogen) atoms. The zero-order chi connectivity index (χ0) is 28.2. The number of hydrogen-bond donors (Lipinski definition) is 3. The van der Waals surface area contributed by atoms with Crippen LogP contribution in [0.3, 0.4) is 0 Å². The first-order valence-electron chi connectivity index (χ1n) is 12.1. The molecular weight excluding hydrogens is 482 g/mol. The third-order valence-corrected chi connectivity index (χ3v) is 4.68. The van der Waals surface area contributed by atoms with Gasteiger partial charge in [-0.2, -0.15) is 0 Å². The summed E-state index contributed by atoms with van der Waals surface area (Å²) < 4.78 is 21.1. The Morgan fingerprint density at radius 3 is 2.05 bits per heavy atom. The fourth-order valence-corrected chi connectivity index (χ4v) is 3.20. The highest BCUT2D eigenvalue weighted by molar-refractivity contribution is 5.90. The fourth-order valence-electron chi connectivity index (χ4n) is 3.20. The van der Waals surface area contributed by atoms with Gasteiger partial charge in [-0.25, -0.2) is 14.4 Å². The highest BCUT2D eigenvalue weighted by atomic mass is 16.6. The van der Waals surface area contributed by atoms with Crippen molar-refractivity contribution >= 4 is 24.1 Å². The number of benzene rings is 1. The van der Waals surface area contributed by atoms with Crippen molar-refractivity contribution < 1.29 is 38.1 Å². The first-order valence-corrected chi connectivity index (χ1v) is 12.1. The van der Waals surface area contributed by atoms with Crippen LogP contribution in [-0.4, -0.2) is 67.1 Å². The van der Waals surface area contributed by atoms with E-state index in [-0.39, 0.29) is 19.6 Å². The molecule has 0 aliphatic carbocycles. The summed E-state index contributed by atoms with van der Waals surface area (Å²) in [5, 5.41) is 7.65. The summed E-state index contributed by atoms with van der Waals surface area (Å²) in [4.78, 5) is 50.0. The van der Waals surface area contributed by atoms with Crippen molar-refractivity contribution in [1.82, 2.24) is 16.0 Å². The minimum atomic E-state index is -1.19. The number of nitrogens with one attached hydrogen (secondary N) is 3. The van der Waals surface area contributed by atoms with E-state index >= 15 is 0 Å². The predicted molar refractivity (Wildman–Crippen MR) is 137 cm³/mol. The average molecular weight is 524 g/mol. The van der Waals surface area contributed by atoms with E-state index in [4.69, 9.17) is 18.9 Å². The van der Waals surface area contributed by atoms with Gasteiger partial charge in [0.1, 0.15) is 24.3 Å². The number of rotatable bonds is 11. The number of carbonyl (C=O) groups excluding carboxylic acids is 4. The Morgan fingerprint density at radius 1 is 0.892 bits per heavy atom. The number of hydrogen-bond acceptors (Lipinski definition) is 8. The smallest absolute Gasteiger partial charge is 0.408 e. The van der Waals surface area contributed by atoms with Gasteiger partial charge in [0.15, 0.2) is 0 Å². The predicted octanol–water partition coefficient (Wildman–Crippen LogP) is 3.06. The lowest BCUT2D eigenvalue weighted by Gasteiger charge is -2.31. The summed E-state index contributed by atoms with van der Waals surface area (Å²) in [6.45, 7) is 12.3. The van der Waals surface area contributed by atoms with E-state index in [9.17, 15) is 19.2 Å². The van der Waals surface area contributed by atoms with Gasteiger partial charge in [0.05, 0.1) is 18.8 Å². The Bertz CT molecular complexity index is 893. The van der Waals surface area contributed by atoms with Gasteiger partial charge in [0, 0.05) is 6.54 Å². The zero-order valence-electron chi connectivity index (χ0n) is 23.0. The molecule has 0 aromatic heterocycles. The lowest BCUT2D eigenvalue weighted by molar-refractivity contribution is -0.146. The summed E-state index contributed by atoms with van der Waals surface area (Å²) in [5.41, 5.74) is -0.523. The molecule has 3 N–H and O–H groups in total. The van der Waals surface area contributed by atoms with Gasteiger partial charge in [-0.15, -0.1) is 0 Å². The summed E-state index contributed by atoms with van der Waals surface area (Å²) >= 11 is 0. The Hall–Kier alpha value is -3.34. The molecule has 0 aliphatic rings. The van der Waals surface area contributed by atoms with Gasteiger partial charge >= 0.3 is 18.2 Å². The number of alkyl carbamates (subject to hydrolysis) is 2. The van der Waals surface area contributed by atoms with Crippen LogP contribution >= 0.6 is 0 Å². The van der Waals surface area contributed by atoms with Crippen molar-refractivity contribution in [2.45, 2.75) is 90.9 Å². The molecule has 0 radical (unpaired) electrons. The third-order valence-electron chi connectivity index (χ3n) is 4.68. The maximum Gasteiger partial charge on any atom is 0.408 e. The minimum absolute atomic E-state index is 0.0106. The van der Waals surface area contributed by atoms with Crippen molar-refractivity contribution in [3.05, 3.63) is 35.9 Å². The number of methoxy groups -OCH3 is 1. The van der Waals surface area contributed by atoms with Crippen LogP contribution in [0.4, 0.5) is 9.59 Å². The second-order valence-electron chi connectivity index (χ2n) is 10.4. The largest absolute Gasteiger partial charge is 0.467 e. The summed E-state index contributed by atoms with van der Waals surface area (Å²) in [7, 11) is 1.19. The van der Waals surface area contributed by atoms with Crippen LogP contribution in [0.25, 0.3) is 0 Å². The van der Waals surface area contributed by atoms with E-state index in [1.807, 2.05) is 39.0 Å². The second-order valence-corrected chi connectivity index (χ2v) is 10.4. The normalized spacial score (nSPS) is 13.9. The van der Waals surface area contributed by atoms with Crippen LogP contribution in [0.2, 0.25) is 0 Å². The maximum atomic E-state index is 13.2. The highest BCUT2D eigenvalue weighted by Gasteiger charge is 2.34. The molecule has 0 fully saturated rings. The van der Waals surface area contributed by atoms with E-state index in [0.29, 0.717) is 0 Å². The van der Waals surface area contributed by atoms with Gasteiger partial charge in [-0.05, 0) is 60.5 Å². The number of amides is 3. The van der Waals surface area contributed by atoms with E-state index in [2.05, 4.69) is 16.0 Å². The molecule has 3 amide bonds. The molecule has 0 saturated carbocycles. The molecule has 1 rings (SSSR count). The quantitative estimate of drug-likeness (QED) is 0.297. The molecule has 208 valence electrons. The van der Waals surface area contributed by atoms with Crippen LogP contribution in [0, 0.1) is 0 Å². The first kappa shape index (κ1) is 31.7. The van der Waals surface area contributed by atoms with Crippen LogP contribution < -0.4 is 16.0 Å². The molecule has 1 aromatic rings. The monoisotopic (exact) mass is 523 g/mol. The van der Waals surface area contributed by atoms with Crippen LogP contribution in [-0.2, 0) is 35.1 Å². The SMILES string of the molecule is COC(=O)[C@H](CCNC(=O)OC(C)(C)C)NC(=O)[C@@H](NC(=O)OCc1ccccc1)C(C)OC(C)(C)C. The van der Waals surface area contributed by atoms with Crippen molar-refractivity contribution in [3.8, 4) is 0 Å². The molecule has 0 bridgehead atoms. The van der Waals surface area contributed by atoms with Gasteiger partial charge in [-0.1, -0.05) is 30.3 Å². The topological polar surface area (TPSA) is 141 Å². The zero-order valence-corrected chi connectivity index (χ0v) is 23.0. The molecule has 1 aromatic carbocycles. The number of esters is 1. The Morgan fingerprint density at radius 2 is 1.51 bits per heavy atom. The number of carbonyl (C=O) groups is 4. The summed E-state index contributed by atoms with van der Waals surface area (Å²) in [6.07, 6.45) is -2.23. The second kappa shape index (κ2) is 14.4. The van der Waals surface area contributed by atoms with Crippen molar-refractivity contribution in [2.75, 3.05) is 13.7 Å². The molecule has 0 spiro atoms. The van der Waals surface area contributed by atoms with Gasteiger partial charge < -0.3 is 34.9 Å². The standard InChI is InChI=1S/C26H41N3O8/c1-17(36-25(2,3)4)20(29-24(33)35-16-18-12-10-9-11-13-18)21(30)28-19(22(31)34-8)14-15-27-23(32)37-26(5,6)7/h9-13,17,19-20H,14-16H2,1-8H3,(H,27,32)(H,28,30)(H,29,33)/t17?,19-,20-/m0/s1. The van der Waals surface area contributed by atoms with E-state index < -0.39 is 53.5 Å². The molecule has 1 unspecified atom stereocenters. The Balaban J connectivity index is 2.89. The van der Waals surface area contributed by atoms with Crippen molar-refractivity contribution in [1.29, 1.82) is 0 Å². The van der Waals surface area contributed by atoms with Crippen molar-refractivity contribution in [3.63, 3.8) is 0 Å². The summed E-state index contributed by atoms with van der Waals surface area (Å²) in [5.74, 6) is -1.39. The van der Waals surface area contributed by atoms with Crippen LogP contribution in [0.1, 0.15) is 60.5 Å².